The van der Waals surface area contributed by atoms with Gasteiger partial charge < -0.3 is 10.3 Å². The second kappa shape index (κ2) is 5.78. The minimum atomic E-state index is -0.240. The molecule has 0 saturated carbocycles. The zero-order valence-corrected chi connectivity index (χ0v) is 13.5. The van der Waals surface area contributed by atoms with Gasteiger partial charge in [0.2, 0.25) is 5.91 Å². The fourth-order valence-electron chi connectivity index (χ4n) is 3.56. The summed E-state index contributed by atoms with van der Waals surface area (Å²) in [6.45, 7) is 1.98. The largest absolute Gasteiger partial charge is 0.358 e. The highest BCUT2D eigenvalue weighted by molar-refractivity contribution is 5.94. The third kappa shape index (κ3) is 2.58. The van der Waals surface area contributed by atoms with Crippen LogP contribution in [-0.4, -0.2) is 10.9 Å². The first-order chi connectivity index (χ1) is 11.6. The van der Waals surface area contributed by atoms with E-state index in [1.807, 2.05) is 31.2 Å². The van der Waals surface area contributed by atoms with Crippen molar-refractivity contribution in [2.75, 3.05) is 5.32 Å². The molecular formula is C20H19FN2O. The Balaban J connectivity index is 1.59. The van der Waals surface area contributed by atoms with Gasteiger partial charge in [0.25, 0.3) is 0 Å². The molecule has 0 saturated heterocycles. The van der Waals surface area contributed by atoms with Crippen molar-refractivity contribution >= 4 is 22.5 Å². The molecule has 1 unspecified atom stereocenters. The molecule has 4 rings (SSSR count). The van der Waals surface area contributed by atoms with Crippen molar-refractivity contribution in [3.8, 4) is 0 Å². The molecule has 24 heavy (non-hydrogen) atoms. The van der Waals surface area contributed by atoms with Crippen LogP contribution in [0.4, 0.5) is 10.1 Å². The van der Waals surface area contributed by atoms with Gasteiger partial charge in [-0.05, 0) is 61.6 Å². The van der Waals surface area contributed by atoms with E-state index in [1.54, 1.807) is 12.1 Å². The van der Waals surface area contributed by atoms with Gasteiger partial charge in [0, 0.05) is 28.2 Å². The molecule has 1 atom stereocenters. The molecule has 1 aliphatic rings. The Kier molecular flexibility index (Phi) is 3.60. The summed E-state index contributed by atoms with van der Waals surface area (Å²) >= 11 is 0. The third-order valence-electron chi connectivity index (χ3n) is 4.92. The van der Waals surface area contributed by atoms with Crippen molar-refractivity contribution < 1.29 is 9.18 Å². The summed E-state index contributed by atoms with van der Waals surface area (Å²) in [5.41, 5.74) is 5.08. The predicted octanol–water partition coefficient (Wildman–Crippen LogP) is 4.36. The summed E-state index contributed by atoms with van der Waals surface area (Å²) in [6, 6.07) is 12.6. The Morgan fingerprint density at radius 3 is 2.92 bits per heavy atom. The lowest BCUT2D eigenvalue weighted by Crippen LogP contribution is -2.28. The molecule has 2 N–H and O–H groups in total. The molecule has 1 heterocycles. The molecule has 3 nitrogen and oxygen atoms in total. The summed E-state index contributed by atoms with van der Waals surface area (Å²) in [6.07, 6.45) is 2.27. The van der Waals surface area contributed by atoms with Crippen molar-refractivity contribution in [2.24, 2.45) is 5.92 Å². The third-order valence-corrected chi connectivity index (χ3v) is 4.92. The van der Waals surface area contributed by atoms with Crippen LogP contribution in [-0.2, 0) is 17.6 Å². The molecule has 1 amide bonds. The smallest absolute Gasteiger partial charge is 0.227 e. The number of hydrogen-bond acceptors (Lipinski definition) is 1. The van der Waals surface area contributed by atoms with Gasteiger partial charge in [-0.2, -0.15) is 0 Å². The van der Waals surface area contributed by atoms with Gasteiger partial charge in [-0.3, -0.25) is 4.79 Å². The van der Waals surface area contributed by atoms with Crippen molar-refractivity contribution in [1.82, 2.24) is 4.98 Å². The zero-order chi connectivity index (χ0) is 16.7. The minimum Gasteiger partial charge on any atom is -0.358 e. The topological polar surface area (TPSA) is 44.9 Å². The molecule has 122 valence electrons. The number of anilines is 1. The normalized spacial score (nSPS) is 16.8. The van der Waals surface area contributed by atoms with Crippen LogP contribution < -0.4 is 5.32 Å². The molecule has 2 aromatic carbocycles. The number of benzene rings is 2. The van der Waals surface area contributed by atoms with Crippen LogP contribution >= 0.6 is 0 Å². The minimum absolute atomic E-state index is 0.0423. The number of para-hydroxylation sites is 1. The summed E-state index contributed by atoms with van der Waals surface area (Å²) in [4.78, 5) is 16.0. The molecular weight excluding hydrogens is 303 g/mol. The number of carbonyl (C=O) groups is 1. The van der Waals surface area contributed by atoms with Gasteiger partial charge in [-0.25, -0.2) is 4.39 Å². The van der Waals surface area contributed by atoms with Gasteiger partial charge in [0.15, 0.2) is 0 Å². The molecule has 3 aromatic rings. The van der Waals surface area contributed by atoms with E-state index in [9.17, 15) is 9.18 Å². The second-order valence-corrected chi connectivity index (χ2v) is 6.52. The number of H-pyrrole nitrogens is 1. The highest BCUT2D eigenvalue weighted by Crippen LogP contribution is 2.32. The van der Waals surface area contributed by atoms with Crippen LogP contribution in [0.1, 0.15) is 23.2 Å². The second-order valence-electron chi connectivity index (χ2n) is 6.52. The van der Waals surface area contributed by atoms with Crippen molar-refractivity contribution in [1.29, 1.82) is 0 Å². The fraction of sp³-hybridized carbons (Fsp3) is 0.250. The molecule has 1 aromatic heterocycles. The van der Waals surface area contributed by atoms with Crippen molar-refractivity contribution in [2.45, 2.75) is 26.2 Å². The van der Waals surface area contributed by atoms with Crippen LogP contribution in [0.2, 0.25) is 0 Å². The standard InChI is InChI=1S/C20H19FN2O/c1-12-4-2-3-5-17(12)23-20(24)13-6-8-18-15(10-13)16-11-14(21)7-9-19(16)22-18/h2-5,7,9,11,13,22H,6,8,10H2,1H3,(H,23,24). The molecule has 0 fully saturated rings. The summed E-state index contributed by atoms with van der Waals surface area (Å²) in [5, 5.41) is 3.94. The molecule has 0 aliphatic heterocycles. The molecule has 0 radical (unpaired) electrons. The first-order valence-electron chi connectivity index (χ1n) is 8.27. The zero-order valence-electron chi connectivity index (χ0n) is 13.5. The number of carbonyl (C=O) groups excluding carboxylic acids is 1. The lowest BCUT2D eigenvalue weighted by Gasteiger charge is -2.22. The van der Waals surface area contributed by atoms with Crippen molar-refractivity contribution in [3.05, 3.63) is 65.1 Å². The number of amides is 1. The van der Waals surface area contributed by atoms with Crippen LogP contribution in [0, 0.1) is 18.7 Å². The van der Waals surface area contributed by atoms with E-state index in [0.29, 0.717) is 6.42 Å². The van der Waals surface area contributed by atoms with Crippen LogP contribution in [0.5, 0.6) is 0 Å². The van der Waals surface area contributed by atoms with E-state index in [-0.39, 0.29) is 17.6 Å². The number of aryl methyl sites for hydroxylation is 2. The maximum absolute atomic E-state index is 13.6. The van der Waals surface area contributed by atoms with E-state index in [1.165, 1.54) is 6.07 Å². The van der Waals surface area contributed by atoms with Crippen LogP contribution in [0.15, 0.2) is 42.5 Å². The van der Waals surface area contributed by atoms with Gasteiger partial charge in [-0.15, -0.1) is 0 Å². The quantitative estimate of drug-likeness (QED) is 0.723. The van der Waals surface area contributed by atoms with E-state index < -0.39 is 0 Å². The van der Waals surface area contributed by atoms with Gasteiger partial charge >= 0.3 is 0 Å². The maximum Gasteiger partial charge on any atom is 0.227 e. The Labute approximate surface area is 139 Å². The van der Waals surface area contributed by atoms with E-state index >= 15 is 0 Å². The monoisotopic (exact) mass is 322 g/mol. The Bertz CT molecular complexity index is 929. The maximum atomic E-state index is 13.6. The average Bonchev–Trinajstić information content (AvgIpc) is 2.94. The van der Waals surface area contributed by atoms with Gasteiger partial charge in [-0.1, -0.05) is 18.2 Å². The van der Waals surface area contributed by atoms with E-state index in [0.717, 1.165) is 46.3 Å². The number of rotatable bonds is 2. The van der Waals surface area contributed by atoms with Gasteiger partial charge in [0.1, 0.15) is 5.82 Å². The number of nitrogens with one attached hydrogen (secondary N) is 2. The summed E-state index contributed by atoms with van der Waals surface area (Å²) in [7, 11) is 0. The fourth-order valence-corrected chi connectivity index (χ4v) is 3.56. The highest BCUT2D eigenvalue weighted by atomic mass is 19.1. The van der Waals surface area contributed by atoms with Crippen LogP contribution in [0.3, 0.4) is 0 Å². The molecule has 0 spiro atoms. The average molecular weight is 322 g/mol. The predicted molar refractivity (Wildman–Crippen MR) is 93.6 cm³/mol. The lowest BCUT2D eigenvalue weighted by molar-refractivity contribution is -0.120. The summed E-state index contributed by atoms with van der Waals surface area (Å²) < 4.78 is 13.6. The first kappa shape index (κ1) is 14.9. The van der Waals surface area contributed by atoms with E-state index in [2.05, 4.69) is 10.3 Å². The van der Waals surface area contributed by atoms with E-state index in [4.69, 9.17) is 0 Å². The SMILES string of the molecule is Cc1ccccc1NC(=O)C1CCc2[nH]c3ccc(F)cc3c2C1. The van der Waals surface area contributed by atoms with Crippen LogP contribution in [0.25, 0.3) is 10.9 Å². The highest BCUT2D eigenvalue weighted by Gasteiger charge is 2.27. The lowest BCUT2D eigenvalue weighted by atomic mass is 9.85. The Morgan fingerprint density at radius 1 is 1.25 bits per heavy atom. The Hall–Kier alpha value is -2.62. The Morgan fingerprint density at radius 2 is 2.08 bits per heavy atom. The number of aromatic amines is 1. The summed E-state index contributed by atoms with van der Waals surface area (Å²) in [5.74, 6) is -0.282. The van der Waals surface area contributed by atoms with Crippen molar-refractivity contribution in [3.63, 3.8) is 0 Å². The number of fused-ring (bicyclic) bond motifs is 3. The molecule has 1 aliphatic carbocycles. The first-order valence-corrected chi connectivity index (χ1v) is 8.27. The number of hydrogen-bond donors (Lipinski definition) is 2. The number of aromatic nitrogens is 1. The van der Waals surface area contributed by atoms with Gasteiger partial charge in [0.05, 0.1) is 0 Å². The number of halogens is 1. The molecule has 4 heteroatoms. The molecule has 0 bridgehead atoms.